The van der Waals surface area contributed by atoms with Crippen molar-refractivity contribution in [3.63, 3.8) is 0 Å². The first-order chi connectivity index (χ1) is 16.2. The van der Waals surface area contributed by atoms with E-state index in [1.165, 1.54) is 17.1 Å². The van der Waals surface area contributed by atoms with Gasteiger partial charge in [-0.15, -0.1) is 0 Å². The van der Waals surface area contributed by atoms with Crippen molar-refractivity contribution >= 4 is 40.3 Å². The predicted molar refractivity (Wildman–Crippen MR) is 127 cm³/mol. The summed E-state index contributed by atoms with van der Waals surface area (Å²) in [7, 11) is 0. The number of amides is 1. The monoisotopic (exact) mass is 464 g/mol. The van der Waals surface area contributed by atoms with Crippen molar-refractivity contribution in [2.45, 2.75) is 27.3 Å². The van der Waals surface area contributed by atoms with Gasteiger partial charge in [0.1, 0.15) is 17.8 Å². The number of pyridine rings is 1. The molecule has 176 valence electrons. The third-order valence-electron chi connectivity index (χ3n) is 4.89. The number of carbonyl (C=O) groups excluding carboxylic acids is 1. The lowest BCUT2D eigenvalue weighted by Crippen LogP contribution is -2.32. The van der Waals surface area contributed by atoms with Gasteiger partial charge in [0.25, 0.3) is 0 Å². The number of halogens is 1. The lowest BCUT2D eigenvalue weighted by Gasteiger charge is -2.24. The van der Waals surface area contributed by atoms with Crippen LogP contribution in [0.2, 0.25) is 0 Å². The minimum Gasteiger partial charge on any atom is -0.448 e. The Balaban J connectivity index is 1.88. The average Bonchev–Trinajstić information content (AvgIpc) is 3.14. The summed E-state index contributed by atoms with van der Waals surface area (Å²) in [5.74, 6) is -0.275. The number of hydrogen-bond donors (Lipinski definition) is 2. The molecule has 0 fully saturated rings. The molecular formula is C23H25FN8O2. The standard InChI is InChI=1S/C23H25FN8O2/c1-23(2,3)12-34-22(33)32(17-18(25)28-13-29-19(17)26)21-15-8-6-10-27-20(15)31(30-21)11-14-7-4-5-9-16(14)24/h4-10,13H,11-12H2,1-3H3,(H4,25,26,28,29). The van der Waals surface area contributed by atoms with Gasteiger partial charge in [-0.2, -0.15) is 5.10 Å². The fraction of sp³-hybridized carbons (Fsp3) is 0.261. The van der Waals surface area contributed by atoms with Crippen molar-refractivity contribution in [3.05, 3.63) is 60.3 Å². The van der Waals surface area contributed by atoms with Gasteiger partial charge in [-0.1, -0.05) is 39.0 Å². The van der Waals surface area contributed by atoms with Crippen LogP contribution in [-0.2, 0) is 11.3 Å². The number of benzene rings is 1. The van der Waals surface area contributed by atoms with Crippen LogP contribution in [0, 0.1) is 11.2 Å². The molecule has 0 saturated heterocycles. The number of carbonyl (C=O) groups is 1. The molecule has 0 aliphatic heterocycles. The molecule has 10 nitrogen and oxygen atoms in total. The van der Waals surface area contributed by atoms with Gasteiger partial charge in [0.2, 0.25) is 0 Å². The zero-order valence-corrected chi connectivity index (χ0v) is 19.1. The first-order valence-corrected chi connectivity index (χ1v) is 10.5. The van der Waals surface area contributed by atoms with Gasteiger partial charge in [0, 0.05) is 11.8 Å². The van der Waals surface area contributed by atoms with Gasteiger partial charge in [-0.05, 0) is 23.6 Å². The zero-order chi connectivity index (χ0) is 24.5. The topological polar surface area (TPSA) is 138 Å². The van der Waals surface area contributed by atoms with Gasteiger partial charge in [-0.3, -0.25) is 0 Å². The molecule has 4 N–H and O–H groups in total. The smallest absolute Gasteiger partial charge is 0.420 e. The molecule has 0 unspecified atom stereocenters. The summed E-state index contributed by atoms with van der Waals surface area (Å²) in [4.78, 5) is 26.9. The summed E-state index contributed by atoms with van der Waals surface area (Å²) >= 11 is 0. The number of hydrogen-bond acceptors (Lipinski definition) is 8. The van der Waals surface area contributed by atoms with E-state index in [2.05, 4.69) is 20.1 Å². The molecule has 0 aliphatic carbocycles. The molecule has 34 heavy (non-hydrogen) atoms. The highest BCUT2D eigenvalue weighted by atomic mass is 19.1. The van der Waals surface area contributed by atoms with Crippen LogP contribution < -0.4 is 16.4 Å². The molecule has 0 aliphatic rings. The van der Waals surface area contributed by atoms with E-state index in [0.717, 1.165) is 4.90 Å². The van der Waals surface area contributed by atoms with Crippen molar-refractivity contribution in [1.82, 2.24) is 24.7 Å². The average molecular weight is 465 g/mol. The molecule has 3 heterocycles. The third kappa shape index (κ3) is 4.58. The minimum absolute atomic E-state index is 0.0269. The maximum absolute atomic E-state index is 14.4. The summed E-state index contributed by atoms with van der Waals surface area (Å²) in [6, 6.07) is 9.81. The second-order valence-electron chi connectivity index (χ2n) is 8.89. The van der Waals surface area contributed by atoms with Crippen LogP contribution in [0.5, 0.6) is 0 Å². The first-order valence-electron chi connectivity index (χ1n) is 10.5. The Morgan fingerprint density at radius 3 is 2.47 bits per heavy atom. The van der Waals surface area contributed by atoms with Crippen LogP contribution in [-0.4, -0.2) is 37.4 Å². The Morgan fingerprint density at radius 2 is 1.79 bits per heavy atom. The van der Waals surface area contributed by atoms with Crippen molar-refractivity contribution in [2.24, 2.45) is 5.41 Å². The molecule has 0 spiro atoms. The van der Waals surface area contributed by atoms with E-state index in [1.54, 1.807) is 36.5 Å². The van der Waals surface area contributed by atoms with Crippen molar-refractivity contribution < 1.29 is 13.9 Å². The molecule has 0 bridgehead atoms. The number of nitrogens with two attached hydrogens (primary N) is 2. The second-order valence-corrected chi connectivity index (χ2v) is 8.89. The van der Waals surface area contributed by atoms with E-state index < -0.39 is 6.09 Å². The van der Waals surface area contributed by atoms with Crippen LogP contribution in [0.25, 0.3) is 11.0 Å². The maximum Gasteiger partial charge on any atom is 0.420 e. The first kappa shape index (κ1) is 22.9. The van der Waals surface area contributed by atoms with Gasteiger partial charge in [0.05, 0.1) is 18.5 Å². The number of nitrogen functional groups attached to an aromatic ring is 2. The van der Waals surface area contributed by atoms with Crippen molar-refractivity contribution in [2.75, 3.05) is 23.0 Å². The van der Waals surface area contributed by atoms with Crippen LogP contribution in [0.15, 0.2) is 48.9 Å². The highest BCUT2D eigenvalue weighted by molar-refractivity contribution is 6.06. The quantitative estimate of drug-likeness (QED) is 0.454. The lowest BCUT2D eigenvalue weighted by molar-refractivity contribution is 0.114. The molecule has 1 aromatic carbocycles. The maximum atomic E-state index is 14.4. The highest BCUT2D eigenvalue weighted by Crippen LogP contribution is 2.37. The molecular weight excluding hydrogens is 439 g/mol. The number of ether oxygens (including phenoxy) is 1. The summed E-state index contributed by atoms with van der Waals surface area (Å²) in [5, 5.41) is 5.10. The Kier molecular flexibility index (Phi) is 6.01. The molecule has 11 heteroatoms. The Labute approximate surface area is 195 Å². The fourth-order valence-electron chi connectivity index (χ4n) is 3.32. The predicted octanol–water partition coefficient (Wildman–Crippen LogP) is 3.89. The molecule has 0 saturated carbocycles. The molecule has 4 rings (SSSR count). The van der Waals surface area contributed by atoms with E-state index in [1.807, 2.05) is 20.8 Å². The van der Waals surface area contributed by atoms with Gasteiger partial charge in [0.15, 0.2) is 23.1 Å². The third-order valence-corrected chi connectivity index (χ3v) is 4.89. The van der Waals surface area contributed by atoms with E-state index in [4.69, 9.17) is 16.2 Å². The summed E-state index contributed by atoms with van der Waals surface area (Å²) in [5.41, 5.74) is 12.8. The zero-order valence-electron chi connectivity index (χ0n) is 19.1. The minimum atomic E-state index is -0.760. The number of rotatable bonds is 5. The molecule has 1 amide bonds. The Morgan fingerprint density at radius 1 is 1.09 bits per heavy atom. The summed E-state index contributed by atoms with van der Waals surface area (Å²) < 4.78 is 21.4. The number of aromatic nitrogens is 5. The molecule has 0 radical (unpaired) electrons. The fourth-order valence-corrected chi connectivity index (χ4v) is 3.32. The number of nitrogens with zero attached hydrogens (tertiary/aromatic N) is 6. The molecule has 3 aromatic heterocycles. The Hall–Kier alpha value is -4.28. The Bertz CT molecular complexity index is 1330. The van der Waals surface area contributed by atoms with Gasteiger partial charge >= 0.3 is 6.09 Å². The summed E-state index contributed by atoms with van der Waals surface area (Å²) in [6.45, 7) is 6.01. The van der Waals surface area contributed by atoms with Crippen molar-refractivity contribution in [3.8, 4) is 0 Å². The highest BCUT2D eigenvalue weighted by Gasteiger charge is 2.31. The van der Waals surface area contributed by atoms with Crippen LogP contribution >= 0.6 is 0 Å². The molecule has 4 aromatic rings. The van der Waals surface area contributed by atoms with E-state index in [0.29, 0.717) is 16.6 Å². The van der Waals surface area contributed by atoms with Crippen LogP contribution in [0.4, 0.5) is 32.3 Å². The van der Waals surface area contributed by atoms with Crippen LogP contribution in [0.1, 0.15) is 26.3 Å². The lowest BCUT2D eigenvalue weighted by atomic mass is 9.99. The second kappa shape index (κ2) is 8.93. The van der Waals surface area contributed by atoms with Gasteiger partial charge < -0.3 is 16.2 Å². The molecule has 0 atom stereocenters. The van der Waals surface area contributed by atoms with E-state index in [-0.39, 0.29) is 47.5 Å². The van der Waals surface area contributed by atoms with E-state index >= 15 is 0 Å². The van der Waals surface area contributed by atoms with Gasteiger partial charge in [-0.25, -0.2) is 33.7 Å². The largest absolute Gasteiger partial charge is 0.448 e. The van der Waals surface area contributed by atoms with Crippen LogP contribution in [0.3, 0.4) is 0 Å². The number of fused-ring (bicyclic) bond motifs is 1. The number of anilines is 4. The van der Waals surface area contributed by atoms with Crippen molar-refractivity contribution in [1.29, 1.82) is 0 Å². The summed E-state index contributed by atoms with van der Waals surface area (Å²) in [6.07, 6.45) is 2.02. The normalized spacial score (nSPS) is 11.5. The van der Waals surface area contributed by atoms with E-state index in [9.17, 15) is 9.18 Å². The SMILES string of the molecule is CC(C)(C)COC(=O)N(c1c(N)ncnc1N)c1nn(Cc2ccccc2F)c2ncccc12.